The van der Waals surface area contributed by atoms with Crippen LogP contribution in [-0.4, -0.2) is 16.3 Å². The fourth-order valence-corrected chi connectivity index (χ4v) is 1.88. The first-order valence-corrected chi connectivity index (χ1v) is 6.63. The van der Waals surface area contributed by atoms with Crippen molar-refractivity contribution in [3.63, 3.8) is 0 Å². The highest BCUT2D eigenvalue weighted by Gasteiger charge is 2.00. The average molecular weight is 284 g/mol. The zero-order chi connectivity index (χ0) is 14.4. The minimum Gasteiger partial charge on any atom is -0.331 e. The minimum atomic E-state index is 0.460. The van der Waals surface area contributed by atoms with Gasteiger partial charge in [0, 0.05) is 18.1 Å². The summed E-state index contributed by atoms with van der Waals surface area (Å²) >= 11 is 5.20. The van der Waals surface area contributed by atoms with E-state index in [9.17, 15) is 0 Å². The molecular formula is C15H16N4S. The van der Waals surface area contributed by atoms with Crippen LogP contribution in [0.15, 0.2) is 47.8 Å². The number of rotatable bonds is 3. The number of hydrogen-bond acceptors (Lipinski definition) is 3. The molecular weight excluding hydrogens is 268 g/mol. The molecule has 4 nitrogen and oxygen atoms in total. The molecule has 102 valence electrons. The van der Waals surface area contributed by atoms with Gasteiger partial charge in [0.25, 0.3) is 0 Å². The van der Waals surface area contributed by atoms with E-state index in [0.29, 0.717) is 5.11 Å². The van der Waals surface area contributed by atoms with Crippen molar-refractivity contribution in [2.24, 2.45) is 5.10 Å². The number of nitrogens with zero attached hydrogens (tertiary/aromatic N) is 2. The second-order valence-electron chi connectivity index (χ2n) is 4.42. The highest BCUT2D eigenvalue weighted by Crippen LogP contribution is 2.15. The second-order valence-corrected chi connectivity index (χ2v) is 4.83. The summed E-state index contributed by atoms with van der Waals surface area (Å²) in [7, 11) is 0. The summed E-state index contributed by atoms with van der Waals surface area (Å²) in [4.78, 5) is 3.94. The molecule has 0 saturated heterocycles. The number of aryl methyl sites for hydroxylation is 2. The van der Waals surface area contributed by atoms with Crippen LogP contribution in [-0.2, 0) is 0 Å². The first-order valence-electron chi connectivity index (χ1n) is 6.22. The van der Waals surface area contributed by atoms with Crippen LogP contribution in [0.3, 0.4) is 0 Å². The Kier molecular flexibility index (Phi) is 4.79. The van der Waals surface area contributed by atoms with Crippen molar-refractivity contribution in [1.29, 1.82) is 0 Å². The molecule has 0 atom stereocenters. The molecule has 1 aromatic heterocycles. The standard InChI is InChI=1S/C15H16N4S/c1-11-3-4-14(12(2)9-11)18-15(20)19-17-10-13-5-7-16-8-6-13/h3-10H,1-2H3,(H2,18,19,20). The van der Waals surface area contributed by atoms with E-state index >= 15 is 0 Å². The lowest BCUT2D eigenvalue weighted by Gasteiger charge is -2.10. The summed E-state index contributed by atoms with van der Waals surface area (Å²) in [6, 6.07) is 9.88. The predicted molar refractivity (Wildman–Crippen MR) is 87.1 cm³/mol. The Balaban J connectivity index is 1.91. The van der Waals surface area contributed by atoms with Gasteiger partial charge in [0.05, 0.1) is 6.21 Å². The highest BCUT2D eigenvalue weighted by atomic mass is 32.1. The fraction of sp³-hybridized carbons (Fsp3) is 0.133. The van der Waals surface area contributed by atoms with Crippen LogP contribution in [0.2, 0.25) is 0 Å². The lowest BCUT2D eigenvalue weighted by molar-refractivity contribution is 1.05. The Bertz CT molecular complexity index is 623. The Morgan fingerprint density at radius 3 is 2.65 bits per heavy atom. The number of aromatic nitrogens is 1. The van der Waals surface area contributed by atoms with Crippen LogP contribution < -0.4 is 10.7 Å². The minimum absolute atomic E-state index is 0.460. The molecule has 0 fully saturated rings. The van der Waals surface area contributed by atoms with Gasteiger partial charge in [-0.15, -0.1) is 0 Å². The van der Waals surface area contributed by atoms with Crippen LogP contribution in [0, 0.1) is 13.8 Å². The molecule has 0 aliphatic rings. The predicted octanol–water partition coefficient (Wildman–Crippen LogP) is 3.02. The van der Waals surface area contributed by atoms with Crippen molar-refractivity contribution in [1.82, 2.24) is 10.4 Å². The van der Waals surface area contributed by atoms with Crippen molar-refractivity contribution in [2.45, 2.75) is 13.8 Å². The molecule has 0 unspecified atom stereocenters. The summed E-state index contributed by atoms with van der Waals surface area (Å²) in [5.41, 5.74) is 7.10. The Labute approximate surface area is 123 Å². The Hall–Kier alpha value is -2.27. The maximum atomic E-state index is 5.20. The van der Waals surface area contributed by atoms with Gasteiger partial charge in [0.1, 0.15) is 0 Å². The smallest absolute Gasteiger partial charge is 0.191 e. The number of benzene rings is 1. The lowest BCUT2D eigenvalue weighted by atomic mass is 10.1. The van der Waals surface area contributed by atoms with Gasteiger partial charge < -0.3 is 5.32 Å². The highest BCUT2D eigenvalue weighted by molar-refractivity contribution is 7.80. The maximum absolute atomic E-state index is 5.20. The molecule has 1 heterocycles. The third-order valence-electron chi connectivity index (χ3n) is 2.72. The van der Waals surface area contributed by atoms with Crippen LogP contribution in [0.4, 0.5) is 5.69 Å². The zero-order valence-corrected chi connectivity index (χ0v) is 12.2. The third kappa shape index (κ3) is 4.13. The molecule has 0 radical (unpaired) electrons. The van der Waals surface area contributed by atoms with Crippen molar-refractivity contribution in [2.75, 3.05) is 5.32 Å². The molecule has 2 rings (SSSR count). The van der Waals surface area contributed by atoms with Gasteiger partial charge in [0.15, 0.2) is 5.11 Å². The maximum Gasteiger partial charge on any atom is 0.191 e. The second kappa shape index (κ2) is 6.77. The molecule has 0 aliphatic carbocycles. The fourth-order valence-electron chi connectivity index (χ4n) is 1.72. The largest absolute Gasteiger partial charge is 0.331 e. The SMILES string of the molecule is Cc1ccc(NC(=S)NN=Cc2ccncc2)c(C)c1. The van der Waals surface area contributed by atoms with Gasteiger partial charge in [-0.1, -0.05) is 17.7 Å². The van der Waals surface area contributed by atoms with Crippen LogP contribution in [0.5, 0.6) is 0 Å². The van der Waals surface area contributed by atoms with E-state index in [-0.39, 0.29) is 0 Å². The van der Waals surface area contributed by atoms with E-state index in [1.54, 1.807) is 18.6 Å². The van der Waals surface area contributed by atoms with Crippen molar-refractivity contribution in [3.8, 4) is 0 Å². The van der Waals surface area contributed by atoms with Gasteiger partial charge in [-0.05, 0) is 55.4 Å². The quantitative estimate of drug-likeness (QED) is 0.517. The number of pyridine rings is 1. The summed E-state index contributed by atoms with van der Waals surface area (Å²) in [5, 5.41) is 7.66. The van der Waals surface area contributed by atoms with Gasteiger partial charge in [-0.3, -0.25) is 10.4 Å². The van der Waals surface area contributed by atoms with Gasteiger partial charge in [0.2, 0.25) is 0 Å². The number of hydrazone groups is 1. The van der Waals surface area contributed by atoms with E-state index in [4.69, 9.17) is 12.2 Å². The molecule has 2 aromatic rings. The Morgan fingerprint density at radius 1 is 1.20 bits per heavy atom. The topological polar surface area (TPSA) is 49.3 Å². The van der Waals surface area contributed by atoms with Crippen LogP contribution in [0.1, 0.15) is 16.7 Å². The monoisotopic (exact) mass is 284 g/mol. The lowest BCUT2D eigenvalue weighted by Crippen LogP contribution is -2.24. The number of thiocarbonyl (C=S) groups is 1. The summed E-state index contributed by atoms with van der Waals surface area (Å²) in [6.07, 6.45) is 5.12. The molecule has 0 aliphatic heterocycles. The molecule has 2 N–H and O–H groups in total. The van der Waals surface area contributed by atoms with E-state index in [0.717, 1.165) is 16.8 Å². The molecule has 20 heavy (non-hydrogen) atoms. The van der Waals surface area contributed by atoms with Crippen molar-refractivity contribution in [3.05, 3.63) is 59.4 Å². The van der Waals surface area contributed by atoms with Crippen molar-refractivity contribution < 1.29 is 0 Å². The zero-order valence-electron chi connectivity index (χ0n) is 11.4. The van der Waals surface area contributed by atoms with Crippen LogP contribution >= 0.6 is 12.2 Å². The average Bonchev–Trinajstić information content (AvgIpc) is 2.43. The number of anilines is 1. The first-order chi connectivity index (χ1) is 9.65. The molecule has 0 spiro atoms. The van der Waals surface area contributed by atoms with E-state index in [2.05, 4.69) is 33.8 Å². The first kappa shape index (κ1) is 14.1. The molecule has 1 aromatic carbocycles. The Morgan fingerprint density at radius 2 is 1.95 bits per heavy atom. The van der Waals surface area contributed by atoms with Crippen molar-refractivity contribution >= 4 is 29.2 Å². The van der Waals surface area contributed by atoms with Gasteiger partial charge in [-0.25, -0.2) is 0 Å². The van der Waals surface area contributed by atoms with E-state index < -0.39 is 0 Å². The van der Waals surface area contributed by atoms with Gasteiger partial charge >= 0.3 is 0 Å². The summed E-state index contributed by atoms with van der Waals surface area (Å²) in [5.74, 6) is 0. The molecule has 5 heteroatoms. The molecule has 0 saturated carbocycles. The third-order valence-corrected chi connectivity index (χ3v) is 2.91. The summed E-state index contributed by atoms with van der Waals surface area (Å²) in [6.45, 7) is 4.10. The number of hydrogen-bond donors (Lipinski definition) is 2. The number of nitrogens with one attached hydrogen (secondary N) is 2. The molecule has 0 bridgehead atoms. The van der Waals surface area contributed by atoms with Crippen LogP contribution in [0.25, 0.3) is 0 Å². The van der Waals surface area contributed by atoms with E-state index in [1.165, 1.54) is 5.56 Å². The van der Waals surface area contributed by atoms with E-state index in [1.807, 2.05) is 31.2 Å². The summed E-state index contributed by atoms with van der Waals surface area (Å²) < 4.78 is 0. The normalized spacial score (nSPS) is 10.5. The molecule has 0 amide bonds. The van der Waals surface area contributed by atoms with Gasteiger partial charge in [-0.2, -0.15) is 5.10 Å².